The van der Waals surface area contributed by atoms with Crippen molar-refractivity contribution < 1.29 is 0 Å². The zero-order chi connectivity index (χ0) is 23.8. The predicted molar refractivity (Wildman–Crippen MR) is 146 cm³/mol. The van der Waals surface area contributed by atoms with Crippen LogP contribution in [0.5, 0.6) is 0 Å². The molecule has 0 fully saturated rings. The second-order valence-electron chi connectivity index (χ2n) is 7.65. The van der Waals surface area contributed by atoms with Gasteiger partial charge in [0.1, 0.15) is 0 Å². The highest BCUT2D eigenvalue weighted by Crippen LogP contribution is 2.26. The molecule has 0 amide bonds. The third-order valence-electron chi connectivity index (χ3n) is 5.31. The molecule has 0 atom stereocenters. The Kier molecular flexibility index (Phi) is 5.73. The molecule has 0 spiro atoms. The van der Waals surface area contributed by atoms with Gasteiger partial charge in [-0.3, -0.25) is 4.79 Å². The van der Waals surface area contributed by atoms with Gasteiger partial charge in [0, 0.05) is 26.7 Å². The number of hydrogen-bond acceptors (Lipinski definition) is 6. The summed E-state index contributed by atoms with van der Waals surface area (Å²) in [6.45, 7) is 0. The van der Waals surface area contributed by atoms with E-state index in [0.717, 1.165) is 31.9 Å². The summed E-state index contributed by atoms with van der Waals surface area (Å²) in [6, 6.07) is 21.9. The SMILES string of the molecule is O=c1/c(=C/c2cn(-c3ccccc3)nc2-c2ccc(Br)cc2)sc2nc(/C=C/c3cccs3)nn12. The molecule has 0 aliphatic carbocycles. The molecular formula is C26H16BrN5OS2. The number of aromatic nitrogens is 5. The minimum absolute atomic E-state index is 0.192. The second kappa shape index (κ2) is 9.18. The first-order valence-electron chi connectivity index (χ1n) is 10.7. The number of benzene rings is 2. The molecule has 4 aromatic heterocycles. The Hall–Kier alpha value is -3.66. The molecule has 6 aromatic rings. The van der Waals surface area contributed by atoms with Crippen molar-refractivity contribution in [2.75, 3.05) is 0 Å². The van der Waals surface area contributed by atoms with E-state index in [0.29, 0.717) is 15.3 Å². The van der Waals surface area contributed by atoms with Crippen LogP contribution in [0.1, 0.15) is 16.3 Å². The summed E-state index contributed by atoms with van der Waals surface area (Å²) in [7, 11) is 0. The maximum Gasteiger partial charge on any atom is 0.291 e. The summed E-state index contributed by atoms with van der Waals surface area (Å²) in [6.07, 6.45) is 7.58. The standard InChI is InChI=1S/C26H16BrN5OS2/c27-19-10-8-17(9-11-19)24-18(16-31(30-24)20-5-2-1-3-6-20)15-22-25(33)32-26(35-22)28-23(29-32)13-12-21-7-4-14-34-21/h1-16H/b13-12+,22-15-. The van der Waals surface area contributed by atoms with E-state index in [1.807, 2.05) is 101 Å². The maximum absolute atomic E-state index is 13.1. The second-order valence-corrected chi connectivity index (χ2v) is 10.6. The molecule has 6 rings (SSSR count). The number of thiophene rings is 1. The molecule has 0 unspecified atom stereocenters. The Morgan fingerprint density at radius 3 is 2.49 bits per heavy atom. The van der Waals surface area contributed by atoms with Crippen molar-refractivity contribution in [2.24, 2.45) is 0 Å². The van der Waals surface area contributed by atoms with Crippen molar-refractivity contribution in [3.8, 4) is 16.9 Å². The van der Waals surface area contributed by atoms with Gasteiger partial charge in [-0.2, -0.15) is 14.6 Å². The smallest absolute Gasteiger partial charge is 0.266 e. The topological polar surface area (TPSA) is 65.1 Å². The predicted octanol–water partition coefficient (Wildman–Crippen LogP) is 5.55. The summed E-state index contributed by atoms with van der Waals surface area (Å²) in [5.41, 5.74) is 3.34. The van der Waals surface area contributed by atoms with Crippen LogP contribution in [0, 0.1) is 0 Å². The Labute approximate surface area is 216 Å². The average molecular weight is 558 g/mol. The van der Waals surface area contributed by atoms with Crippen LogP contribution >= 0.6 is 38.6 Å². The van der Waals surface area contributed by atoms with E-state index in [4.69, 9.17) is 5.10 Å². The molecule has 4 heterocycles. The normalized spacial score (nSPS) is 12.3. The number of halogens is 1. The van der Waals surface area contributed by atoms with Crippen molar-refractivity contribution >= 4 is 61.8 Å². The van der Waals surface area contributed by atoms with Crippen molar-refractivity contribution in [1.29, 1.82) is 0 Å². The largest absolute Gasteiger partial charge is 0.291 e. The first kappa shape index (κ1) is 21.8. The van der Waals surface area contributed by atoms with E-state index in [2.05, 4.69) is 26.0 Å². The monoisotopic (exact) mass is 557 g/mol. The Bertz CT molecular complexity index is 1770. The molecule has 0 bridgehead atoms. The summed E-state index contributed by atoms with van der Waals surface area (Å²) >= 11 is 6.45. The third kappa shape index (κ3) is 4.41. The van der Waals surface area contributed by atoms with Gasteiger partial charge < -0.3 is 0 Å². The fraction of sp³-hybridized carbons (Fsp3) is 0. The fourth-order valence-corrected chi connectivity index (χ4v) is 5.43. The summed E-state index contributed by atoms with van der Waals surface area (Å²) in [4.78, 5) is 19.3. The van der Waals surface area contributed by atoms with E-state index in [1.165, 1.54) is 15.9 Å². The number of thiazole rings is 1. The van der Waals surface area contributed by atoms with Crippen molar-refractivity contribution in [2.45, 2.75) is 0 Å². The van der Waals surface area contributed by atoms with Crippen LogP contribution in [0.4, 0.5) is 0 Å². The van der Waals surface area contributed by atoms with Gasteiger partial charge in [0.25, 0.3) is 5.56 Å². The van der Waals surface area contributed by atoms with Crippen LogP contribution in [0.15, 0.2) is 87.6 Å². The molecule has 0 radical (unpaired) electrons. The van der Waals surface area contributed by atoms with Crippen LogP contribution < -0.4 is 10.1 Å². The minimum atomic E-state index is -0.192. The lowest BCUT2D eigenvalue weighted by Gasteiger charge is -2.00. The number of rotatable bonds is 5. The number of hydrogen-bond donors (Lipinski definition) is 0. The first-order valence-corrected chi connectivity index (χ1v) is 13.2. The zero-order valence-electron chi connectivity index (χ0n) is 18.1. The number of nitrogens with zero attached hydrogens (tertiary/aromatic N) is 5. The van der Waals surface area contributed by atoms with E-state index >= 15 is 0 Å². The molecule has 0 N–H and O–H groups in total. The first-order chi connectivity index (χ1) is 17.1. The fourth-order valence-electron chi connectivity index (χ4n) is 3.64. The van der Waals surface area contributed by atoms with Crippen molar-refractivity contribution in [3.63, 3.8) is 0 Å². The highest BCUT2D eigenvalue weighted by Gasteiger charge is 2.14. The van der Waals surface area contributed by atoms with Gasteiger partial charge in [-0.1, -0.05) is 63.7 Å². The van der Waals surface area contributed by atoms with Crippen LogP contribution in [0.2, 0.25) is 0 Å². The molecule has 6 nitrogen and oxygen atoms in total. The van der Waals surface area contributed by atoms with Crippen molar-refractivity contribution in [3.05, 3.63) is 114 Å². The van der Waals surface area contributed by atoms with E-state index in [9.17, 15) is 4.79 Å². The Morgan fingerprint density at radius 2 is 1.74 bits per heavy atom. The number of fused-ring (bicyclic) bond motifs is 1. The molecular weight excluding hydrogens is 542 g/mol. The lowest BCUT2D eigenvalue weighted by atomic mass is 10.1. The van der Waals surface area contributed by atoms with Gasteiger partial charge in [0.05, 0.1) is 15.9 Å². The Morgan fingerprint density at radius 1 is 0.914 bits per heavy atom. The summed E-state index contributed by atoms with van der Waals surface area (Å²) in [5.74, 6) is 0.515. The van der Waals surface area contributed by atoms with Gasteiger partial charge in [0.2, 0.25) is 4.96 Å². The zero-order valence-corrected chi connectivity index (χ0v) is 21.3. The van der Waals surface area contributed by atoms with Crippen LogP contribution in [-0.2, 0) is 0 Å². The van der Waals surface area contributed by atoms with Crippen LogP contribution in [0.3, 0.4) is 0 Å². The van der Waals surface area contributed by atoms with Gasteiger partial charge in [0.15, 0.2) is 5.82 Å². The molecule has 0 aliphatic heterocycles. The molecule has 35 heavy (non-hydrogen) atoms. The summed E-state index contributed by atoms with van der Waals surface area (Å²) < 4.78 is 4.74. The molecule has 0 aliphatic rings. The maximum atomic E-state index is 13.1. The van der Waals surface area contributed by atoms with Crippen LogP contribution in [0.25, 0.3) is 40.1 Å². The highest BCUT2D eigenvalue weighted by molar-refractivity contribution is 9.10. The minimum Gasteiger partial charge on any atom is -0.266 e. The van der Waals surface area contributed by atoms with Gasteiger partial charge in [-0.15, -0.1) is 16.4 Å². The Balaban J connectivity index is 1.44. The molecule has 2 aromatic carbocycles. The van der Waals surface area contributed by atoms with Gasteiger partial charge in [-0.05, 0) is 53.9 Å². The average Bonchev–Trinajstić information content (AvgIpc) is 3.66. The van der Waals surface area contributed by atoms with E-state index < -0.39 is 0 Å². The molecule has 0 saturated heterocycles. The summed E-state index contributed by atoms with van der Waals surface area (Å²) in [5, 5.41) is 11.2. The van der Waals surface area contributed by atoms with E-state index in [-0.39, 0.29) is 5.56 Å². The molecule has 170 valence electrons. The molecule has 0 saturated carbocycles. The highest BCUT2D eigenvalue weighted by atomic mass is 79.9. The van der Waals surface area contributed by atoms with Gasteiger partial charge >= 0.3 is 0 Å². The van der Waals surface area contributed by atoms with E-state index in [1.54, 1.807) is 11.3 Å². The van der Waals surface area contributed by atoms with Gasteiger partial charge in [-0.25, -0.2) is 4.68 Å². The van der Waals surface area contributed by atoms with Crippen molar-refractivity contribution in [1.82, 2.24) is 24.4 Å². The lowest BCUT2D eigenvalue weighted by Crippen LogP contribution is -2.23. The lowest BCUT2D eigenvalue weighted by molar-refractivity contribution is 0.884. The molecule has 9 heteroatoms. The third-order valence-corrected chi connectivity index (χ3v) is 7.63. The number of para-hydroxylation sites is 1. The quantitative estimate of drug-likeness (QED) is 0.279. The van der Waals surface area contributed by atoms with Crippen LogP contribution in [-0.4, -0.2) is 24.4 Å².